The lowest BCUT2D eigenvalue weighted by molar-refractivity contribution is -0.153. The fourth-order valence-corrected chi connectivity index (χ4v) is 1.23. The molecule has 4 nitrogen and oxygen atoms in total. The molecule has 0 saturated carbocycles. The molecule has 0 bridgehead atoms. The SMILES string of the molecule is O=C(CO)Nc1ccc(Cl)cc1OCC(F)(F)F. The molecule has 2 N–H and O–H groups in total. The number of aliphatic hydroxyl groups excluding tert-OH is 1. The highest BCUT2D eigenvalue weighted by atomic mass is 35.5. The highest BCUT2D eigenvalue weighted by Gasteiger charge is 2.29. The predicted octanol–water partition coefficient (Wildman–Crippen LogP) is 2.21. The molecular formula is C10H9ClF3NO3. The topological polar surface area (TPSA) is 58.6 Å². The van der Waals surface area contributed by atoms with E-state index in [1.807, 2.05) is 0 Å². The minimum absolute atomic E-state index is 0.00250. The van der Waals surface area contributed by atoms with Crippen molar-refractivity contribution in [2.75, 3.05) is 18.5 Å². The number of amides is 1. The first kappa shape index (κ1) is 14.6. The highest BCUT2D eigenvalue weighted by Crippen LogP contribution is 2.29. The molecule has 100 valence electrons. The Balaban J connectivity index is 2.86. The van der Waals surface area contributed by atoms with Gasteiger partial charge in [0, 0.05) is 11.1 Å². The molecule has 0 radical (unpaired) electrons. The van der Waals surface area contributed by atoms with Crippen molar-refractivity contribution in [1.29, 1.82) is 0 Å². The lowest BCUT2D eigenvalue weighted by atomic mass is 10.3. The fraction of sp³-hybridized carbons (Fsp3) is 0.300. The molecule has 18 heavy (non-hydrogen) atoms. The molecule has 1 aromatic carbocycles. The number of carbonyl (C=O) groups is 1. The normalized spacial score (nSPS) is 11.2. The number of rotatable bonds is 4. The van der Waals surface area contributed by atoms with Gasteiger partial charge in [-0.05, 0) is 12.1 Å². The van der Waals surface area contributed by atoms with Gasteiger partial charge in [-0.25, -0.2) is 0 Å². The minimum Gasteiger partial charge on any atom is -0.482 e. The Morgan fingerprint density at radius 3 is 2.67 bits per heavy atom. The maximum Gasteiger partial charge on any atom is 0.422 e. The van der Waals surface area contributed by atoms with E-state index in [1.165, 1.54) is 12.1 Å². The van der Waals surface area contributed by atoms with Gasteiger partial charge >= 0.3 is 6.18 Å². The molecule has 0 fully saturated rings. The lowest BCUT2D eigenvalue weighted by Gasteiger charge is -2.13. The van der Waals surface area contributed by atoms with E-state index >= 15 is 0 Å². The third-order valence-corrected chi connectivity index (χ3v) is 1.99. The summed E-state index contributed by atoms with van der Waals surface area (Å²) in [5.74, 6) is -0.990. The van der Waals surface area contributed by atoms with Crippen molar-refractivity contribution >= 4 is 23.2 Å². The monoisotopic (exact) mass is 283 g/mol. The van der Waals surface area contributed by atoms with Crippen LogP contribution in [-0.4, -0.2) is 30.4 Å². The molecule has 1 rings (SSSR count). The molecule has 0 atom stereocenters. The molecule has 0 spiro atoms. The van der Waals surface area contributed by atoms with Crippen LogP contribution in [0.5, 0.6) is 5.75 Å². The smallest absolute Gasteiger partial charge is 0.422 e. The van der Waals surface area contributed by atoms with Crippen LogP contribution < -0.4 is 10.1 Å². The van der Waals surface area contributed by atoms with E-state index in [9.17, 15) is 18.0 Å². The van der Waals surface area contributed by atoms with E-state index in [0.29, 0.717) is 0 Å². The molecule has 0 aliphatic rings. The van der Waals surface area contributed by atoms with Gasteiger partial charge in [0.25, 0.3) is 0 Å². The van der Waals surface area contributed by atoms with Crippen molar-refractivity contribution in [3.8, 4) is 5.75 Å². The van der Waals surface area contributed by atoms with E-state index in [1.54, 1.807) is 0 Å². The Hall–Kier alpha value is -1.47. The third kappa shape index (κ3) is 4.80. The summed E-state index contributed by atoms with van der Waals surface area (Å²) in [5, 5.41) is 10.9. The van der Waals surface area contributed by atoms with Gasteiger partial charge in [0.15, 0.2) is 6.61 Å². The van der Waals surface area contributed by atoms with Crippen LogP contribution in [0.25, 0.3) is 0 Å². The molecule has 1 aromatic rings. The molecule has 1 amide bonds. The third-order valence-electron chi connectivity index (χ3n) is 1.75. The summed E-state index contributed by atoms with van der Waals surface area (Å²) < 4.78 is 40.6. The lowest BCUT2D eigenvalue weighted by Crippen LogP contribution is -2.21. The molecule has 0 heterocycles. The van der Waals surface area contributed by atoms with Crippen molar-refractivity contribution in [2.24, 2.45) is 0 Å². The summed E-state index contributed by atoms with van der Waals surface area (Å²) in [6, 6.07) is 3.79. The number of aliphatic hydroxyl groups is 1. The zero-order valence-corrected chi connectivity index (χ0v) is 9.68. The Bertz CT molecular complexity index is 437. The second kappa shape index (κ2) is 5.92. The second-order valence-electron chi connectivity index (χ2n) is 3.25. The molecule has 0 saturated heterocycles. The van der Waals surface area contributed by atoms with Crippen molar-refractivity contribution in [1.82, 2.24) is 0 Å². The molecular weight excluding hydrogens is 275 g/mol. The number of anilines is 1. The first-order chi connectivity index (χ1) is 8.31. The van der Waals surface area contributed by atoms with Crippen LogP contribution in [0.4, 0.5) is 18.9 Å². The summed E-state index contributed by atoms with van der Waals surface area (Å²) >= 11 is 5.61. The van der Waals surface area contributed by atoms with Crippen LogP contribution >= 0.6 is 11.6 Å². The Morgan fingerprint density at radius 1 is 1.44 bits per heavy atom. The number of carbonyl (C=O) groups excluding carboxylic acids is 1. The van der Waals surface area contributed by atoms with Crippen molar-refractivity contribution in [2.45, 2.75) is 6.18 Å². The predicted molar refractivity (Wildman–Crippen MR) is 58.7 cm³/mol. The van der Waals surface area contributed by atoms with Gasteiger partial charge in [-0.3, -0.25) is 4.79 Å². The number of hydrogen-bond acceptors (Lipinski definition) is 3. The summed E-state index contributed by atoms with van der Waals surface area (Å²) in [4.78, 5) is 10.9. The van der Waals surface area contributed by atoms with Crippen LogP contribution in [0.1, 0.15) is 0 Å². The van der Waals surface area contributed by atoms with Gasteiger partial charge < -0.3 is 15.2 Å². The van der Waals surface area contributed by atoms with E-state index in [4.69, 9.17) is 16.7 Å². The largest absolute Gasteiger partial charge is 0.482 e. The minimum atomic E-state index is -4.50. The number of hydrogen-bond donors (Lipinski definition) is 2. The van der Waals surface area contributed by atoms with Crippen molar-refractivity contribution < 1.29 is 27.8 Å². The maximum atomic E-state index is 12.0. The van der Waals surface area contributed by atoms with Gasteiger partial charge in [0.2, 0.25) is 5.91 Å². The number of benzene rings is 1. The Morgan fingerprint density at radius 2 is 2.11 bits per heavy atom. The molecule has 0 unspecified atom stereocenters. The van der Waals surface area contributed by atoms with Gasteiger partial charge in [0.05, 0.1) is 5.69 Å². The fourth-order valence-electron chi connectivity index (χ4n) is 1.07. The van der Waals surface area contributed by atoms with Gasteiger partial charge in [0.1, 0.15) is 12.4 Å². The quantitative estimate of drug-likeness (QED) is 0.891. The van der Waals surface area contributed by atoms with Crippen LogP contribution in [0.15, 0.2) is 18.2 Å². The zero-order chi connectivity index (χ0) is 13.8. The average Bonchev–Trinajstić information content (AvgIpc) is 2.28. The summed E-state index contributed by atoms with van der Waals surface area (Å²) in [6.07, 6.45) is -4.50. The first-order valence-corrected chi connectivity index (χ1v) is 5.09. The number of nitrogens with one attached hydrogen (secondary N) is 1. The van der Waals surface area contributed by atoms with Crippen LogP contribution in [-0.2, 0) is 4.79 Å². The van der Waals surface area contributed by atoms with Gasteiger partial charge in [-0.1, -0.05) is 11.6 Å². The average molecular weight is 284 g/mol. The summed E-state index contributed by atoms with van der Waals surface area (Å²) in [5.41, 5.74) is 0.00250. The molecule has 0 aromatic heterocycles. The van der Waals surface area contributed by atoms with Gasteiger partial charge in [-0.2, -0.15) is 13.2 Å². The van der Waals surface area contributed by atoms with Crippen LogP contribution in [0.3, 0.4) is 0 Å². The first-order valence-electron chi connectivity index (χ1n) is 4.71. The van der Waals surface area contributed by atoms with Gasteiger partial charge in [-0.15, -0.1) is 0 Å². The Kier molecular flexibility index (Phi) is 4.80. The zero-order valence-electron chi connectivity index (χ0n) is 8.92. The second-order valence-corrected chi connectivity index (χ2v) is 3.69. The molecule has 0 aliphatic carbocycles. The number of alkyl halides is 3. The van der Waals surface area contributed by atoms with E-state index < -0.39 is 25.3 Å². The molecule has 8 heteroatoms. The van der Waals surface area contributed by atoms with Crippen LogP contribution in [0.2, 0.25) is 5.02 Å². The van der Waals surface area contributed by atoms with E-state index in [-0.39, 0.29) is 16.5 Å². The number of halogens is 4. The Labute approximate surface area is 105 Å². The summed E-state index contributed by atoms with van der Waals surface area (Å²) in [6.45, 7) is -2.29. The highest BCUT2D eigenvalue weighted by molar-refractivity contribution is 6.30. The molecule has 0 aliphatic heterocycles. The number of ether oxygens (including phenoxy) is 1. The van der Waals surface area contributed by atoms with Crippen molar-refractivity contribution in [3.63, 3.8) is 0 Å². The standard InChI is InChI=1S/C10H9ClF3NO3/c11-6-1-2-7(15-9(17)4-16)8(3-6)18-5-10(12,13)14/h1-3,16H,4-5H2,(H,15,17). The van der Waals surface area contributed by atoms with Crippen molar-refractivity contribution in [3.05, 3.63) is 23.2 Å². The van der Waals surface area contributed by atoms with Crippen LogP contribution in [0, 0.1) is 0 Å². The van der Waals surface area contributed by atoms with E-state index in [0.717, 1.165) is 6.07 Å². The summed E-state index contributed by atoms with van der Waals surface area (Å²) in [7, 11) is 0. The van der Waals surface area contributed by atoms with E-state index in [2.05, 4.69) is 10.1 Å². The maximum absolute atomic E-state index is 12.0.